The van der Waals surface area contributed by atoms with E-state index in [0.717, 1.165) is 69.8 Å². The van der Waals surface area contributed by atoms with Crippen molar-refractivity contribution in [2.45, 2.75) is 43.3 Å². The van der Waals surface area contributed by atoms with Crippen molar-refractivity contribution in [2.75, 3.05) is 58.8 Å². The molecule has 1 spiro atoms. The molecule has 34 heavy (non-hydrogen) atoms. The van der Waals surface area contributed by atoms with Crippen LogP contribution in [0.1, 0.15) is 36.8 Å². The van der Waals surface area contributed by atoms with Crippen LogP contribution in [-0.2, 0) is 12.1 Å². The molecule has 2 aromatic rings. The van der Waals surface area contributed by atoms with E-state index in [1.807, 2.05) is 17.2 Å². The van der Waals surface area contributed by atoms with Crippen molar-refractivity contribution in [2.24, 2.45) is 0 Å². The summed E-state index contributed by atoms with van der Waals surface area (Å²) in [6.07, 6.45) is 5.96. The first-order valence-electron chi connectivity index (χ1n) is 12.6. The monoisotopic (exact) mass is 462 g/mol. The minimum Gasteiger partial charge on any atom is -0.354 e. The predicted octanol–water partition coefficient (Wildman–Crippen LogP) is 3.13. The van der Waals surface area contributed by atoms with Crippen molar-refractivity contribution in [1.29, 1.82) is 0 Å². The summed E-state index contributed by atoms with van der Waals surface area (Å²) in [5.74, 6) is 1.02. The summed E-state index contributed by atoms with van der Waals surface area (Å²) in [6, 6.07) is 15.1. The average Bonchev–Trinajstić information content (AvgIpc) is 3.15. The van der Waals surface area contributed by atoms with E-state index >= 15 is 0 Å². The molecule has 2 saturated heterocycles. The number of urea groups is 1. The third kappa shape index (κ3) is 4.39. The molecule has 3 aliphatic rings. The van der Waals surface area contributed by atoms with E-state index in [2.05, 4.69) is 82.5 Å². The van der Waals surface area contributed by atoms with E-state index in [1.54, 1.807) is 0 Å². The van der Waals surface area contributed by atoms with E-state index in [1.165, 1.54) is 5.56 Å². The topological polar surface area (TPSA) is 55.0 Å². The van der Waals surface area contributed by atoms with Crippen LogP contribution < -0.4 is 10.2 Å². The Bertz CT molecular complexity index is 993. The highest BCUT2D eigenvalue weighted by atomic mass is 16.2. The number of hydrogen-bond acceptors (Lipinski definition) is 5. The van der Waals surface area contributed by atoms with Gasteiger partial charge in [0.05, 0.1) is 5.54 Å². The van der Waals surface area contributed by atoms with Gasteiger partial charge >= 0.3 is 6.03 Å². The lowest BCUT2D eigenvalue weighted by Gasteiger charge is -2.48. The molecule has 2 aliphatic heterocycles. The number of pyridine rings is 1. The van der Waals surface area contributed by atoms with Gasteiger partial charge in [-0.3, -0.25) is 4.90 Å². The average molecular weight is 463 g/mol. The molecular weight excluding hydrogens is 424 g/mol. The number of anilines is 1. The molecule has 0 bridgehead atoms. The zero-order chi connectivity index (χ0) is 23.8. The van der Waals surface area contributed by atoms with Gasteiger partial charge < -0.3 is 20.0 Å². The van der Waals surface area contributed by atoms with Gasteiger partial charge in [0.25, 0.3) is 0 Å². The third-order valence-corrected chi connectivity index (χ3v) is 8.36. The number of carbonyl (C=O) groups is 1. The van der Waals surface area contributed by atoms with Crippen LogP contribution in [0.5, 0.6) is 0 Å². The fourth-order valence-electron chi connectivity index (χ4n) is 6.07. The van der Waals surface area contributed by atoms with Crippen LogP contribution in [-0.4, -0.2) is 85.1 Å². The number of amides is 2. The maximum Gasteiger partial charge on any atom is 0.318 e. The Morgan fingerprint density at radius 2 is 1.71 bits per heavy atom. The molecule has 7 heteroatoms. The Kier molecular flexibility index (Phi) is 6.25. The van der Waals surface area contributed by atoms with E-state index in [4.69, 9.17) is 0 Å². The van der Waals surface area contributed by atoms with Gasteiger partial charge in [0.1, 0.15) is 5.82 Å². The van der Waals surface area contributed by atoms with Gasteiger partial charge in [0, 0.05) is 51.0 Å². The lowest BCUT2D eigenvalue weighted by molar-refractivity contribution is 0.0617. The maximum atomic E-state index is 13.0. The number of rotatable bonds is 5. The van der Waals surface area contributed by atoms with Crippen LogP contribution in [0.4, 0.5) is 10.6 Å². The molecule has 1 aromatic carbocycles. The molecule has 7 nitrogen and oxygen atoms in total. The second-order valence-corrected chi connectivity index (χ2v) is 10.7. The highest BCUT2D eigenvalue weighted by Crippen LogP contribution is 2.46. The maximum absolute atomic E-state index is 13.0. The molecule has 1 saturated carbocycles. The van der Waals surface area contributed by atoms with Gasteiger partial charge in [-0.25, -0.2) is 9.78 Å². The SMILES string of the molecule is CN1CCN(c2cc(CN3CC4(CCC(c5ccccc5)(N(C)C)CC4)NC3=O)ccn2)CC1. The summed E-state index contributed by atoms with van der Waals surface area (Å²) in [5.41, 5.74) is 2.44. The molecule has 3 fully saturated rings. The van der Waals surface area contributed by atoms with E-state index < -0.39 is 0 Å². The molecule has 0 atom stereocenters. The minimum atomic E-state index is -0.126. The van der Waals surface area contributed by atoms with Crippen molar-refractivity contribution >= 4 is 11.8 Å². The summed E-state index contributed by atoms with van der Waals surface area (Å²) < 4.78 is 0. The van der Waals surface area contributed by atoms with Gasteiger partial charge in [0.2, 0.25) is 0 Å². The molecule has 182 valence electrons. The van der Waals surface area contributed by atoms with Crippen molar-refractivity contribution in [3.8, 4) is 0 Å². The van der Waals surface area contributed by atoms with Crippen LogP contribution >= 0.6 is 0 Å². The number of hydrogen-bond donors (Lipinski definition) is 1. The van der Waals surface area contributed by atoms with Gasteiger partial charge in [-0.15, -0.1) is 0 Å². The van der Waals surface area contributed by atoms with Gasteiger partial charge in [-0.05, 0) is 70.1 Å². The van der Waals surface area contributed by atoms with Crippen LogP contribution in [0.2, 0.25) is 0 Å². The molecule has 0 radical (unpaired) electrons. The Balaban J connectivity index is 1.25. The number of carbonyl (C=O) groups excluding carboxylic acids is 1. The number of likely N-dealkylation sites (N-methyl/N-ethyl adjacent to an activating group) is 1. The standard InChI is InChI=1S/C27H38N6O/c1-30(2)27(23-7-5-4-6-8-23)12-10-26(11-13-27)21-33(25(34)29-26)20-22-9-14-28-24(19-22)32-17-15-31(3)16-18-32/h4-9,14,19H,10-13,15-18,20-21H2,1-3H3,(H,29,34). The van der Waals surface area contributed by atoms with Crippen LogP contribution in [0.3, 0.4) is 0 Å². The number of nitrogens with one attached hydrogen (secondary N) is 1. The highest BCUT2D eigenvalue weighted by Gasteiger charge is 2.49. The Labute approximate surface area is 203 Å². The molecule has 1 N–H and O–H groups in total. The Hall–Kier alpha value is -2.64. The number of piperazine rings is 1. The Morgan fingerprint density at radius 3 is 2.38 bits per heavy atom. The zero-order valence-electron chi connectivity index (χ0n) is 20.8. The van der Waals surface area contributed by atoms with Crippen molar-refractivity contribution in [1.82, 2.24) is 25.0 Å². The zero-order valence-corrected chi connectivity index (χ0v) is 20.8. The second-order valence-electron chi connectivity index (χ2n) is 10.7. The lowest BCUT2D eigenvalue weighted by atomic mass is 9.69. The predicted molar refractivity (Wildman–Crippen MR) is 136 cm³/mol. The fraction of sp³-hybridized carbons (Fsp3) is 0.556. The molecule has 3 heterocycles. The molecular formula is C27H38N6O. The van der Waals surface area contributed by atoms with Crippen LogP contribution in [0, 0.1) is 0 Å². The number of aromatic nitrogens is 1. The largest absolute Gasteiger partial charge is 0.354 e. The van der Waals surface area contributed by atoms with E-state index in [0.29, 0.717) is 6.54 Å². The Morgan fingerprint density at radius 1 is 1.00 bits per heavy atom. The summed E-state index contributed by atoms with van der Waals surface area (Å²) in [4.78, 5) is 26.7. The van der Waals surface area contributed by atoms with Gasteiger partial charge in [0.15, 0.2) is 0 Å². The summed E-state index contributed by atoms with van der Waals surface area (Å²) in [7, 11) is 6.54. The first kappa shape index (κ1) is 23.1. The summed E-state index contributed by atoms with van der Waals surface area (Å²) in [6.45, 7) is 5.51. The van der Waals surface area contributed by atoms with E-state index in [9.17, 15) is 4.79 Å². The van der Waals surface area contributed by atoms with Crippen molar-refractivity contribution in [3.05, 3.63) is 59.8 Å². The lowest BCUT2D eigenvalue weighted by Crippen LogP contribution is -2.54. The smallest absolute Gasteiger partial charge is 0.318 e. The van der Waals surface area contributed by atoms with Crippen LogP contribution in [0.25, 0.3) is 0 Å². The fourth-order valence-corrected chi connectivity index (χ4v) is 6.07. The summed E-state index contributed by atoms with van der Waals surface area (Å²) >= 11 is 0. The van der Waals surface area contributed by atoms with Crippen LogP contribution in [0.15, 0.2) is 48.7 Å². The molecule has 5 rings (SSSR count). The van der Waals surface area contributed by atoms with Gasteiger partial charge in [-0.1, -0.05) is 30.3 Å². The normalized spacial score (nSPS) is 28.1. The molecule has 1 aromatic heterocycles. The first-order valence-corrected chi connectivity index (χ1v) is 12.6. The molecule has 0 unspecified atom stereocenters. The van der Waals surface area contributed by atoms with Crippen molar-refractivity contribution < 1.29 is 4.79 Å². The third-order valence-electron chi connectivity index (χ3n) is 8.36. The highest BCUT2D eigenvalue weighted by molar-refractivity contribution is 5.78. The summed E-state index contributed by atoms with van der Waals surface area (Å²) in [5, 5.41) is 3.39. The number of nitrogens with zero attached hydrogens (tertiary/aromatic N) is 5. The van der Waals surface area contributed by atoms with Gasteiger partial charge in [-0.2, -0.15) is 0 Å². The molecule has 1 aliphatic carbocycles. The second kappa shape index (κ2) is 9.19. The number of benzene rings is 1. The first-order chi connectivity index (χ1) is 16.4. The molecule has 2 amide bonds. The van der Waals surface area contributed by atoms with Crippen molar-refractivity contribution in [3.63, 3.8) is 0 Å². The minimum absolute atomic E-state index is 0.0349. The quantitative estimate of drug-likeness (QED) is 0.740. The van der Waals surface area contributed by atoms with E-state index in [-0.39, 0.29) is 17.1 Å².